The van der Waals surface area contributed by atoms with Crippen molar-refractivity contribution in [2.75, 3.05) is 18.0 Å². The average Bonchev–Trinajstić information content (AvgIpc) is 2.83. The Morgan fingerprint density at radius 2 is 2.15 bits per heavy atom. The van der Waals surface area contributed by atoms with E-state index in [1.165, 1.54) is 0 Å². The number of ether oxygens (including phenoxy) is 1. The highest BCUT2D eigenvalue weighted by Gasteiger charge is 2.53. The van der Waals surface area contributed by atoms with Crippen LogP contribution in [0, 0.1) is 5.92 Å². The Labute approximate surface area is 204 Å². The van der Waals surface area contributed by atoms with E-state index in [2.05, 4.69) is 22.1 Å². The molecule has 178 valence electrons. The lowest BCUT2D eigenvalue weighted by molar-refractivity contribution is -0.186. The molecule has 34 heavy (non-hydrogen) atoms. The van der Waals surface area contributed by atoms with Crippen molar-refractivity contribution in [3.05, 3.63) is 47.9 Å². The van der Waals surface area contributed by atoms with Gasteiger partial charge in [0.15, 0.2) is 5.72 Å². The number of halogens is 1. The van der Waals surface area contributed by atoms with Crippen molar-refractivity contribution in [2.24, 2.45) is 5.92 Å². The van der Waals surface area contributed by atoms with Crippen LogP contribution >= 0.6 is 11.6 Å². The second kappa shape index (κ2) is 9.47. The molecule has 3 unspecified atom stereocenters. The van der Waals surface area contributed by atoms with Crippen molar-refractivity contribution in [1.82, 2.24) is 20.3 Å². The van der Waals surface area contributed by atoms with E-state index in [1.54, 1.807) is 18.6 Å². The second-order valence-electron chi connectivity index (χ2n) is 9.52. The number of unbranched alkanes of at least 4 members (excludes halogenated alkanes) is 2. The number of fused-ring (bicyclic) bond motifs is 3. The molecule has 3 saturated heterocycles. The number of hydrogen-bond donors (Lipinski definition) is 1. The summed E-state index contributed by atoms with van der Waals surface area (Å²) in [6, 6.07) is 7.93. The lowest BCUT2D eigenvalue weighted by Gasteiger charge is -2.56. The lowest BCUT2D eigenvalue weighted by Crippen LogP contribution is -2.77. The molecular formula is C26H30ClN5O2. The van der Waals surface area contributed by atoms with Crippen LogP contribution < -0.4 is 10.2 Å². The van der Waals surface area contributed by atoms with Crippen molar-refractivity contribution in [3.8, 4) is 11.3 Å². The Morgan fingerprint density at radius 3 is 2.91 bits per heavy atom. The monoisotopic (exact) mass is 479 g/mol. The van der Waals surface area contributed by atoms with Crippen molar-refractivity contribution in [1.29, 1.82) is 0 Å². The molecule has 0 aliphatic carbocycles. The van der Waals surface area contributed by atoms with Gasteiger partial charge in [-0.1, -0.05) is 50.8 Å². The highest BCUT2D eigenvalue weighted by Crippen LogP contribution is 2.36. The number of rotatable bonds is 8. The second-order valence-corrected chi connectivity index (χ2v) is 9.96. The normalized spacial score (nSPS) is 22.3. The third-order valence-corrected chi connectivity index (χ3v) is 7.01. The minimum absolute atomic E-state index is 0.0850. The van der Waals surface area contributed by atoms with Gasteiger partial charge in [0.1, 0.15) is 5.82 Å². The number of carbonyl (C=O) groups is 1. The first-order valence-electron chi connectivity index (χ1n) is 12.1. The van der Waals surface area contributed by atoms with Crippen LogP contribution in [-0.4, -0.2) is 45.8 Å². The molecule has 3 atom stereocenters. The maximum Gasteiger partial charge on any atom is 0.310 e. The summed E-state index contributed by atoms with van der Waals surface area (Å²) in [4.78, 5) is 28.6. The smallest absolute Gasteiger partial charge is 0.310 e. The Hall–Kier alpha value is -2.77. The summed E-state index contributed by atoms with van der Waals surface area (Å²) in [6.45, 7) is 5.50. The summed E-state index contributed by atoms with van der Waals surface area (Å²) in [5, 5.41) is 5.05. The third-order valence-electron chi connectivity index (χ3n) is 6.79. The molecule has 0 spiro atoms. The predicted molar refractivity (Wildman–Crippen MR) is 134 cm³/mol. The third kappa shape index (κ3) is 4.59. The molecule has 3 aliphatic rings. The van der Waals surface area contributed by atoms with Gasteiger partial charge in [0.25, 0.3) is 0 Å². The number of esters is 1. The van der Waals surface area contributed by atoms with E-state index in [1.807, 2.05) is 31.2 Å². The predicted octanol–water partition coefficient (Wildman–Crippen LogP) is 4.98. The van der Waals surface area contributed by atoms with Crippen LogP contribution in [0.2, 0.25) is 5.02 Å². The average molecular weight is 480 g/mol. The van der Waals surface area contributed by atoms with E-state index in [-0.39, 0.29) is 17.9 Å². The summed E-state index contributed by atoms with van der Waals surface area (Å²) in [7, 11) is 0. The molecule has 6 rings (SSSR count). The Kier molecular flexibility index (Phi) is 6.40. The Bertz CT molecular complexity index is 1180. The van der Waals surface area contributed by atoms with E-state index in [0.29, 0.717) is 11.6 Å². The summed E-state index contributed by atoms with van der Waals surface area (Å²) >= 11 is 6.32. The Balaban J connectivity index is 1.29. The number of benzene rings is 1. The molecule has 1 N–H and O–H groups in total. The van der Waals surface area contributed by atoms with Gasteiger partial charge in [-0.3, -0.25) is 20.1 Å². The van der Waals surface area contributed by atoms with Crippen LogP contribution in [-0.2, 0) is 9.53 Å². The maximum absolute atomic E-state index is 12.7. The first-order chi connectivity index (χ1) is 16.5. The van der Waals surface area contributed by atoms with Crippen LogP contribution in [0.5, 0.6) is 0 Å². The first kappa shape index (κ1) is 23.0. The molecule has 1 aromatic carbocycles. The SMILES string of the molecule is CCCCCC(C)C(=O)OC12CC(CN(c3cnc(-c4cc(Cl)cc5ncccc45)cn3)C1)N2. The maximum atomic E-state index is 12.7. The molecular weight excluding hydrogens is 450 g/mol. The van der Waals surface area contributed by atoms with Gasteiger partial charge in [0.05, 0.1) is 36.1 Å². The number of piperidine rings is 1. The van der Waals surface area contributed by atoms with Gasteiger partial charge in [0.2, 0.25) is 0 Å². The van der Waals surface area contributed by atoms with Crippen molar-refractivity contribution in [3.63, 3.8) is 0 Å². The largest absolute Gasteiger partial charge is 0.442 e. The molecule has 0 amide bonds. The fourth-order valence-electron chi connectivity index (χ4n) is 4.98. The summed E-state index contributed by atoms with van der Waals surface area (Å²) < 4.78 is 5.98. The number of aromatic nitrogens is 3. The van der Waals surface area contributed by atoms with E-state index >= 15 is 0 Å². The van der Waals surface area contributed by atoms with E-state index in [0.717, 1.165) is 66.6 Å². The minimum atomic E-state index is -0.631. The van der Waals surface area contributed by atoms with Gasteiger partial charge < -0.3 is 9.64 Å². The molecule has 2 aromatic heterocycles. The fraction of sp³-hybridized carbons (Fsp3) is 0.462. The van der Waals surface area contributed by atoms with E-state index in [4.69, 9.17) is 26.3 Å². The number of nitrogens with one attached hydrogen (secondary N) is 1. The molecule has 0 radical (unpaired) electrons. The number of anilines is 1. The molecule has 5 heterocycles. The number of carbonyl (C=O) groups excluding carboxylic acids is 1. The fourth-order valence-corrected chi connectivity index (χ4v) is 5.19. The topological polar surface area (TPSA) is 80.2 Å². The molecule has 8 heteroatoms. The van der Waals surface area contributed by atoms with Gasteiger partial charge in [-0.2, -0.15) is 0 Å². The van der Waals surface area contributed by atoms with Gasteiger partial charge in [-0.15, -0.1) is 0 Å². The van der Waals surface area contributed by atoms with E-state index < -0.39 is 5.72 Å². The molecule has 3 fully saturated rings. The molecule has 7 nitrogen and oxygen atoms in total. The van der Waals surface area contributed by atoms with Crippen LogP contribution in [0.25, 0.3) is 22.2 Å². The summed E-state index contributed by atoms with van der Waals surface area (Å²) in [5.41, 5.74) is 1.84. The van der Waals surface area contributed by atoms with Gasteiger partial charge >= 0.3 is 5.97 Å². The summed E-state index contributed by atoms with van der Waals surface area (Å²) in [6.07, 6.45) is 10.4. The standard InChI is InChI=1S/C26H30ClN5O2/c1-3-4-5-7-17(2)25(33)34-26-12-19(31-26)15-32(16-26)24-14-29-23(13-30-24)21-10-18(27)11-22-20(21)8-6-9-28-22/h6,8-11,13-14,17,19,31H,3-5,7,12,15-16H2,1-2H3. The molecule has 2 bridgehead atoms. The zero-order chi connectivity index (χ0) is 23.7. The lowest BCUT2D eigenvalue weighted by atomic mass is 9.86. The van der Waals surface area contributed by atoms with Crippen LogP contribution in [0.15, 0.2) is 42.9 Å². The van der Waals surface area contributed by atoms with Gasteiger partial charge in [-0.05, 0) is 24.6 Å². The zero-order valence-electron chi connectivity index (χ0n) is 19.6. The highest BCUT2D eigenvalue weighted by atomic mass is 35.5. The Morgan fingerprint density at radius 1 is 1.29 bits per heavy atom. The van der Waals surface area contributed by atoms with Crippen LogP contribution in [0.4, 0.5) is 5.82 Å². The van der Waals surface area contributed by atoms with Crippen LogP contribution in [0.1, 0.15) is 46.0 Å². The quantitative estimate of drug-likeness (QED) is 0.360. The molecule has 3 aromatic rings. The van der Waals surface area contributed by atoms with Gasteiger partial charge in [0, 0.05) is 41.2 Å². The summed E-state index contributed by atoms with van der Waals surface area (Å²) in [5.74, 6) is 0.570. The molecule has 3 aliphatic heterocycles. The minimum Gasteiger partial charge on any atom is -0.442 e. The number of hydrogen-bond acceptors (Lipinski definition) is 7. The molecule has 0 saturated carbocycles. The zero-order valence-corrected chi connectivity index (χ0v) is 20.4. The van der Waals surface area contributed by atoms with Gasteiger partial charge in [-0.25, -0.2) is 4.98 Å². The number of pyridine rings is 1. The number of nitrogens with zero attached hydrogens (tertiary/aromatic N) is 4. The van der Waals surface area contributed by atoms with Crippen molar-refractivity contribution < 1.29 is 9.53 Å². The first-order valence-corrected chi connectivity index (χ1v) is 12.5. The van der Waals surface area contributed by atoms with Crippen molar-refractivity contribution in [2.45, 2.75) is 57.7 Å². The van der Waals surface area contributed by atoms with Crippen LogP contribution in [0.3, 0.4) is 0 Å². The van der Waals surface area contributed by atoms with Crippen molar-refractivity contribution >= 4 is 34.3 Å². The van der Waals surface area contributed by atoms with E-state index in [9.17, 15) is 4.79 Å². The highest BCUT2D eigenvalue weighted by molar-refractivity contribution is 6.31. The number of piperazine rings is 1.